The van der Waals surface area contributed by atoms with Crippen LogP contribution >= 0.6 is 11.6 Å². The zero-order valence-electron chi connectivity index (χ0n) is 9.84. The Labute approximate surface area is 98.5 Å². The Hall–Kier alpha value is 0.170. The lowest BCUT2D eigenvalue weighted by Gasteiger charge is -2.04. The molecule has 3 nitrogen and oxygen atoms in total. The van der Waals surface area contributed by atoms with Crippen LogP contribution in [0.2, 0.25) is 0 Å². The molecule has 4 heteroatoms. The highest BCUT2D eigenvalue weighted by Gasteiger charge is 1.92. The number of rotatable bonds is 12. The predicted molar refractivity (Wildman–Crippen MR) is 63.5 cm³/mol. The second kappa shape index (κ2) is 14.2. The molecule has 0 spiro atoms. The van der Waals surface area contributed by atoms with Gasteiger partial charge in [-0.1, -0.05) is 12.8 Å². The fourth-order valence-corrected chi connectivity index (χ4v) is 1.36. The molecule has 15 heavy (non-hydrogen) atoms. The third kappa shape index (κ3) is 14.2. The third-order valence-corrected chi connectivity index (χ3v) is 2.36. The van der Waals surface area contributed by atoms with E-state index in [1.807, 2.05) is 7.05 Å². The Balaban J connectivity index is 2.81. The lowest BCUT2D eigenvalue weighted by molar-refractivity contribution is -0.628. The molecule has 0 saturated heterocycles. The molecule has 92 valence electrons. The first-order valence-electron chi connectivity index (χ1n) is 5.91. The van der Waals surface area contributed by atoms with Crippen LogP contribution in [0.5, 0.6) is 0 Å². The van der Waals surface area contributed by atoms with Crippen LogP contribution in [0, 0.1) is 0 Å². The van der Waals surface area contributed by atoms with Crippen LogP contribution in [-0.4, -0.2) is 45.9 Å². The highest BCUT2D eigenvalue weighted by Crippen LogP contribution is 2.00. The first kappa shape index (κ1) is 15.2. The summed E-state index contributed by atoms with van der Waals surface area (Å²) in [6.45, 7) is 4.13. The van der Waals surface area contributed by atoms with E-state index >= 15 is 0 Å². The summed E-state index contributed by atoms with van der Waals surface area (Å²) in [6.07, 6.45) is 4.70. The molecule has 0 unspecified atom stereocenters. The minimum atomic E-state index is 0.718. The van der Waals surface area contributed by atoms with Gasteiger partial charge in [-0.2, -0.15) is 0 Å². The van der Waals surface area contributed by atoms with Gasteiger partial charge >= 0.3 is 0 Å². The van der Waals surface area contributed by atoms with E-state index in [1.165, 1.54) is 12.8 Å². The van der Waals surface area contributed by atoms with E-state index in [9.17, 15) is 0 Å². The predicted octanol–water partition coefficient (Wildman–Crippen LogP) is 1.01. The van der Waals surface area contributed by atoms with Crippen molar-refractivity contribution < 1.29 is 14.8 Å². The maximum absolute atomic E-state index is 5.57. The largest absolute Gasteiger partial charge is 0.379 e. The van der Waals surface area contributed by atoms with Gasteiger partial charge in [-0.05, 0) is 12.8 Å². The van der Waals surface area contributed by atoms with E-state index in [4.69, 9.17) is 21.1 Å². The molecule has 0 rings (SSSR count). The van der Waals surface area contributed by atoms with Crippen molar-refractivity contribution >= 4 is 11.6 Å². The summed E-state index contributed by atoms with van der Waals surface area (Å²) >= 11 is 5.57. The Bertz CT molecular complexity index is 103. The highest BCUT2D eigenvalue weighted by atomic mass is 35.5. The lowest BCUT2D eigenvalue weighted by Crippen LogP contribution is -2.80. The van der Waals surface area contributed by atoms with E-state index in [0.29, 0.717) is 0 Å². The van der Waals surface area contributed by atoms with Crippen LogP contribution in [0.25, 0.3) is 0 Å². The number of halogens is 1. The second-order valence-electron chi connectivity index (χ2n) is 3.52. The number of alkyl halides is 1. The van der Waals surface area contributed by atoms with Gasteiger partial charge in [0.25, 0.3) is 0 Å². The number of likely N-dealkylation sites (N-methyl/N-ethyl adjacent to an activating group) is 1. The van der Waals surface area contributed by atoms with E-state index in [0.717, 1.165) is 51.7 Å². The second-order valence-corrected chi connectivity index (χ2v) is 3.90. The van der Waals surface area contributed by atoms with Gasteiger partial charge in [0, 0.05) is 12.5 Å². The molecule has 0 saturated carbocycles. The van der Waals surface area contributed by atoms with Gasteiger partial charge in [0.15, 0.2) is 0 Å². The molecule has 0 heterocycles. The Morgan fingerprint density at radius 3 is 2.20 bits per heavy atom. The fourth-order valence-electron chi connectivity index (χ4n) is 1.18. The van der Waals surface area contributed by atoms with Crippen LogP contribution in [0.3, 0.4) is 0 Å². The highest BCUT2D eigenvalue weighted by molar-refractivity contribution is 6.17. The summed E-state index contributed by atoms with van der Waals surface area (Å²) in [5.74, 6) is 0.781. The van der Waals surface area contributed by atoms with Crippen molar-refractivity contribution in [3.63, 3.8) is 0 Å². The van der Waals surface area contributed by atoms with Crippen LogP contribution in [0.1, 0.15) is 25.7 Å². The van der Waals surface area contributed by atoms with Crippen molar-refractivity contribution in [2.75, 3.05) is 45.9 Å². The summed E-state index contributed by atoms with van der Waals surface area (Å²) in [5, 5.41) is 2.11. The molecule has 0 aliphatic rings. The van der Waals surface area contributed by atoms with Gasteiger partial charge in [-0.25, -0.2) is 0 Å². The third-order valence-electron chi connectivity index (χ3n) is 2.10. The van der Waals surface area contributed by atoms with Crippen LogP contribution < -0.4 is 5.32 Å². The maximum Gasteiger partial charge on any atom is 0.0991 e. The molecule has 0 aromatic heterocycles. The van der Waals surface area contributed by atoms with Crippen LogP contribution in [0.4, 0.5) is 0 Å². The first-order chi connectivity index (χ1) is 7.41. The molecule has 0 fully saturated rings. The first-order valence-corrected chi connectivity index (χ1v) is 6.44. The van der Waals surface area contributed by atoms with Gasteiger partial charge in [0.1, 0.15) is 0 Å². The van der Waals surface area contributed by atoms with E-state index < -0.39 is 0 Å². The smallest absolute Gasteiger partial charge is 0.0991 e. The molecule has 0 radical (unpaired) electrons. The van der Waals surface area contributed by atoms with E-state index in [2.05, 4.69) is 5.32 Å². The number of hydrogen-bond acceptors (Lipinski definition) is 2. The maximum atomic E-state index is 5.57. The average molecular weight is 239 g/mol. The standard InChI is InChI=1S/C11H24ClNO2/c1-13-7-9-15-11-10-14-8-5-3-2-4-6-12/h13H,2-11H2,1H3/p+1. The minimum absolute atomic E-state index is 0.718. The lowest BCUT2D eigenvalue weighted by atomic mass is 10.2. The summed E-state index contributed by atoms with van der Waals surface area (Å²) < 4.78 is 10.8. The molecule has 0 aliphatic heterocycles. The molecule has 0 aromatic rings. The molecule has 0 atom stereocenters. The molecule has 0 aliphatic carbocycles. The quantitative estimate of drug-likeness (QED) is 0.407. The summed E-state index contributed by atoms with van der Waals surface area (Å²) in [5.41, 5.74) is 0. The summed E-state index contributed by atoms with van der Waals surface area (Å²) in [7, 11) is 2.04. The molecule has 0 aromatic carbocycles. The van der Waals surface area contributed by atoms with E-state index in [1.54, 1.807) is 0 Å². The van der Waals surface area contributed by atoms with Gasteiger partial charge in [0.2, 0.25) is 0 Å². The summed E-state index contributed by atoms with van der Waals surface area (Å²) in [6, 6.07) is 0. The Morgan fingerprint density at radius 1 is 0.867 bits per heavy atom. The minimum Gasteiger partial charge on any atom is -0.379 e. The SMILES string of the molecule is C[NH2+]CCOCCOCCCCCCCl. The normalized spacial score (nSPS) is 10.8. The molecule has 0 bridgehead atoms. The van der Waals surface area contributed by atoms with Crippen LogP contribution in [-0.2, 0) is 9.47 Å². The van der Waals surface area contributed by atoms with Gasteiger partial charge in [-0.15, -0.1) is 11.6 Å². The van der Waals surface area contributed by atoms with Crippen LogP contribution in [0.15, 0.2) is 0 Å². The Kier molecular flexibility index (Phi) is 14.3. The van der Waals surface area contributed by atoms with Gasteiger partial charge in [-0.3, -0.25) is 0 Å². The number of nitrogens with two attached hydrogens (primary N) is 1. The van der Waals surface area contributed by atoms with Crippen molar-refractivity contribution in [2.24, 2.45) is 0 Å². The monoisotopic (exact) mass is 238 g/mol. The number of quaternary nitrogens is 1. The van der Waals surface area contributed by atoms with Crippen molar-refractivity contribution in [1.82, 2.24) is 0 Å². The summed E-state index contributed by atoms with van der Waals surface area (Å²) in [4.78, 5) is 0. The van der Waals surface area contributed by atoms with E-state index in [-0.39, 0.29) is 0 Å². The number of hydrogen-bond donors (Lipinski definition) is 1. The number of ether oxygens (including phenoxy) is 2. The molecule has 0 amide bonds. The zero-order valence-corrected chi connectivity index (χ0v) is 10.6. The van der Waals surface area contributed by atoms with Crippen molar-refractivity contribution in [1.29, 1.82) is 0 Å². The van der Waals surface area contributed by atoms with Gasteiger partial charge in [0.05, 0.1) is 33.4 Å². The fraction of sp³-hybridized carbons (Fsp3) is 1.00. The average Bonchev–Trinajstić information content (AvgIpc) is 2.26. The zero-order chi connectivity index (χ0) is 11.2. The van der Waals surface area contributed by atoms with Gasteiger partial charge < -0.3 is 14.8 Å². The van der Waals surface area contributed by atoms with Crippen molar-refractivity contribution in [2.45, 2.75) is 25.7 Å². The molecular weight excluding hydrogens is 214 g/mol. The van der Waals surface area contributed by atoms with Crippen molar-refractivity contribution in [3.8, 4) is 0 Å². The number of unbranched alkanes of at least 4 members (excludes halogenated alkanes) is 3. The topological polar surface area (TPSA) is 35.1 Å². The molecule has 2 N–H and O–H groups in total. The Morgan fingerprint density at radius 2 is 1.53 bits per heavy atom. The molecular formula is C11H25ClNO2+. The van der Waals surface area contributed by atoms with Crippen molar-refractivity contribution in [3.05, 3.63) is 0 Å².